The zero-order valence-corrected chi connectivity index (χ0v) is 35.1. The third kappa shape index (κ3) is 6.41. The fourth-order valence-corrected chi connectivity index (χ4v) is 10.7. The largest absolute Gasteiger partial charge is 0.456 e. The molecule has 0 aliphatic rings. The second-order valence-corrected chi connectivity index (χ2v) is 17.0. The summed E-state index contributed by atoms with van der Waals surface area (Å²) in [6.07, 6.45) is 0. The first-order valence-electron chi connectivity index (χ1n) is 21.4. The van der Waals surface area contributed by atoms with Crippen molar-refractivity contribution in [2.75, 3.05) is 4.90 Å². The van der Waals surface area contributed by atoms with E-state index in [1.165, 1.54) is 59.1 Å². The van der Waals surface area contributed by atoms with Gasteiger partial charge in [0.15, 0.2) is 0 Å². The van der Waals surface area contributed by atoms with Crippen molar-refractivity contribution in [1.29, 1.82) is 0 Å². The van der Waals surface area contributed by atoms with Crippen molar-refractivity contribution >= 4 is 70.5 Å². The zero-order chi connectivity index (χ0) is 41.7. The lowest BCUT2D eigenvalue weighted by Crippen LogP contribution is -2.11. The molecule has 0 radical (unpaired) electrons. The lowest BCUT2D eigenvalue weighted by Gasteiger charge is -2.29. The molecule has 0 atom stereocenters. The number of furan rings is 1. The quantitative estimate of drug-likeness (QED) is 0.152. The molecule has 2 nitrogen and oxygen atoms in total. The number of benzene rings is 10. The third-order valence-electron chi connectivity index (χ3n) is 12.3. The molecule has 2 heterocycles. The molecule has 0 aliphatic carbocycles. The third-order valence-corrected chi connectivity index (χ3v) is 13.6. The standard InChI is InChI=1S/C60H39NOS/c1-2-16-40(17-3-1)45-18-4-5-19-48(45)49-20-6-7-21-50(49)51-22-8-11-28-55(51)61(43-36-32-41(33-37-43)46-25-15-30-57-59(46)54-24-9-12-29-56(54)62-57)44-38-34-42(35-39-44)47-26-14-27-53-52-23-10-13-31-58(52)63-60(47)53/h1-39H. The maximum absolute atomic E-state index is 6.29. The van der Waals surface area contributed by atoms with Gasteiger partial charge in [-0.1, -0.05) is 188 Å². The van der Waals surface area contributed by atoms with Crippen LogP contribution in [-0.2, 0) is 0 Å². The predicted octanol–water partition coefficient (Wildman–Crippen LogP) is 17.8. The molecule has 3 heteroatoms. The van der Waals surface area contributed by atoms with Gasteiger partial charge in [-0.15, -0.1) is 11.3 Å². The highest BCUT2D eigenvalue weighted by molar-refractivity contribution is 7.26. The van der Waals surface area contributed by atoms with Gasteiger partial charge in [0.05, 0.1) is 5.69 Å². The average molecular weight is 822 g/mol. The van der Waals surface area contributed by atoms with Crippen LogP contribution in [0.15, 0.2) is 241 Å². The average Bonchev–Trinajstić information content (AvgIpc) is 3.94. The van der Waals surface area contributed by atoms with Crippen molar-refractivity contribution in [2.45, 2.75) is 0 Å². The van der Waals surface area contributed by atoms with Gasteiger partial charge < -0.3 is 9.32 Å². The first-order valence-corrected chi connectivity index (χ1v) is 22.2. The molecule has 0 aliphatic heterocycles. The van der Waals surface area contributed by atoms with Crippen molar-refractivity contribution in [3.63, 3.8) is 0 Å². The summed E-state index contributed by atoms with van der Waals surface area (Å²) in [4.78, 5) is 2.41. The molecular formula is C60H39NOS. The number of rotatable bonds is 8. The summed E-state index contributed by atoms with van der Waals surface area (Å²) in [5, 5.41) is 4.88. The first kappa shape index (κ1) is 36.8. The maximum Gasteiger partial charge on any atom is 0.136 e. The van der Waals surface area contributed by atoms with Crippen LogP contribution in [-0.4, -0.2) is 0 Å². The van der Waals surface area contributed by atoms with Crippen LogP contribution in [0.1, 0.15) is 0 Å². The molecule has 0 saturated carbocycles. The number of fused-ring (bicyclic) bond motifs is 6. The Kier molecular flexibility index (Phi) is 9.06. The van der Waals surface area contributed by atoms with Gasteiger partial charge >= 0.3 is 0 Å². The van der Waals surface area contributed by atoms with Crippen LogP contribution in [0.2, 0.25) is 0 Å². The normalized spacial score (nSPS) is 11.5. The lowest BCUT2D eigenvalue weighted by molar-refractivity contribution is 0.669. The summed E-state index contributed by atoms with van der Waals surface area (Å²) in [5.74, 6) is 0. The van der Waals surface area contributed by atoms with Crippen LogP contribution >= 0.6 is 11.3 Å². The molecule has 2 aromatic heterocycles. The second-order valence-electron chi connectivity index (χ2n) is 16.0. The molecule has 0 amide bonds. The number of nitrogens with zero attached hydrogens (tertiary/aromatic N) is 1. The van der Waals surface area contributed by atoms with Gasteiger partial charge in [0.1, 0.15) is 11.2 Å². The Morgan fingerprint density at radius 1 is 0.302 bits per heavy atom. The van der Waals surface area contributed by atoms with E-state index >= 15 is 0 Å². The molecule has 0 fully saturated rings. The van der Waals surface area contributed by atoms with E-state index in [1.54, 1.807) is 0 Å². The van der Waals surface area contributed by atoms with Crippen LogP contribution in [0, 0.1) is 0 Å². The summed E-state index contributed by atoms with van der Waals surface area (Å²) in [5.41, 5.74) is 16.9. The Morgan fingerprint density at radius 2 is 0.778 bits per heavy atom. The Hall–Kier alpha value is -7.98. The topological polar surface area (TPSA) is 16.4 Å². The van der Waals surface area contributed by atoms with Crippen LogP contribution in [0.3, 0.4) is 0 Å². The van der Waals surface area contributed by atoms with E-state index in [4.69, 9.17) is 4.42 Å². The molecule has 12 aromatic rings. The molecule has 296 valence electrons. The van der Waals surface area contributed by atoms with E-state index in [9.17, 15) is 0 Å². The highest BCUT2D eigenvalue weighted by Gasteiger charge is 2.21. The van der Waals surface area contributed by atoms with Crippen molar-refractivity contribution in [1.82, 2.24) is 0 Å². The summed E-state index contributed by atoms with van der Waals surface area (Å²) in [6, 6.07) is 85.4. The summed E-state index contributed by atoms with van der Waals surface area (Å²) < 4.78 is 8.92. The van der Waals surface area contributed by atoms with Gasteiger partial charge in [-0.25, -0.2) is 0 Å². The summed E-state index contributed by atoms with van der Waals surface area (Å²) in [7, 11) is 0. The minimum atomic E-state index is 0.896. The van der Waals surface area contributed by atoms with Gasteiger partial charge in [0.2, 0.25) is 0 Å². The van der Waals surface area contributed by atoms with Gasteiger partial charge in [-0.05, 0) is 98.6 Å². The first-order chi connectivity index (χ1) is 31.3. The maximum atomic E-state index is 6.29. The fourth-order valence-electron chi connectivity index (χ4n) is 9.43. The Balaban J connectivity index is 1.02. The minimum Gasteiger partial charge on any atom is -0.456 e. The van der Waals surface area contributed by atoms with Crippen molar-refractivity contribution in [2.24, 2.45) is 0 Å². The predicted molar refractivity (Wildman–Crippen MR) is 268 cm³/mol. The Labute approximate surface area is 370 Å². The smallest absolute Gasteiger partial charge is 0.136 e. The molecule has 0 N–H and O–H groups in total. The molecule has 63 heavy (non-hydrogen) atoms. The minimum absolute atomic E-state index is 0.896. The number of hydrogen-bond acceptors (Lipinski definition) is 3. The second kappa shape index (κ2) is 15.5. The van der Waals surface area contributed by atoms with Crippen molar-refractivity contribution in [3.8, 4) is 55.6 Å². The monoisotopic (exact) mass is 821 g/mol. The molecule has 10 aromatic carbocycles. The molecular weight excluding hydrogens is 783 g/mol. The zero-order valence-electron chi connectivity index (χ0n) is 34.3. The van der Waals surface area contributed by atoms with E-state index < -0.39 is 0 Å². The number of anilines is 3. The van der Waals surface area contributed by atoms with E-state index in [-0.39, 0.29) is 0 Å². The SMILES string of the molecule is c1ccc(-c2ccccc2-c2ccccc2-c2ccccc2N(c2ccc(-c3cccc4c3sc3ccccc34)cc2)c2ccc(-c3cccc4oc5ccccc5c34)cc2)cc1. The Bertz CT molecular complexity index is 3620. The molecule has 0 saturated heterocycles. The van der Waals surface area contributed by atoms with E-state index in [2.05, 4.69) is 229 Å². The molecule has 0 bridgehead atoms. The van der Waals surface area contributed by atoms with Crippen LogP contribution in [0.5, 0.6) is 0 Å². The van der Waals surface area contributed by atoms with E-state index in [1.807, 2.05) is 23.5 Å². The summed E-state index contributed by atoms with van der Waals surface area (Å²) in [6.45, 7) is 0. The van der Waals surface area contributed by atoms with E-state index in [0.717, 1.165) is 55.7 Å². The summed E-state index contributed by atoms with van der Waals surface area (Å²) >= 11 is 1.87. The highest BCUT2D eigenvalue weighted by Crippen LogP contribution is 2.47. The van der Waals surface area contributed by atoms with Crippen molar-refractivity contribution < 1.29 is 4.42 Å². The van der Waals surface area contributed by atoms with Crippen LogP contribution in [0.25, 0.3) is 97.7 Å². The number of thiophene rings is 1. The van der Waals surface area contributed by atoms with Crippen LogP contribution in [0.4, 0.5) is 17.1 Å². The van der Waals surface area contributed by atoms with E-state index in [0.29, 0.717) is 0 Å². The van der Waals surface area contributed by atoms with Crippen molar-refractivity contribution in [3.05, 3.63) is 237 Å². The fraction of sp³-hybridized carbons (Fsp3) is 0. The van der Waals surface area contributed by atoms with Crippen LogP contribution < -0.4 is 4.90 Å². The van der Waals surface area contributed by atoms with Gasteiger partial charge in [0, 0.05) is 47.9 Å². The van der Waals surface area contributed by atoms with Gasteiger partial charge in [-0.3, -0.25) is 0 Å². The molecule has 0 unspecified atom stereocenters. The molecule has 12 rings (SSSR count). The lowest BCUT2D eigenvalue weighted by atomic mass is 9.88. The Morgan fingerprint density at radius 3 is 1.52 bits per heavy atom. The number of para-hydroxylation sites is 2. The number of hydrogen-bond donors (Lipinski definition) is 0. The van der Waals surface area contributed by atoms with Gasteiger partial charge in [0.25, 0.3) is 0 Å². The highest BCUT2D eigenvalue weighted by atomic mass is 32.1. The van der Waals surface area contributed by atoms with Gasteiger partial charge in [-0.2, -0.15) is 0 Å². The molecule has 0 spiro atoms.